The van der Waals surface area contributed by atoms with Crippen molar-refractivity contribution in [3.63, 3.8) is 0 Å². The Hall–Kier alpha value is -3.57. The molecule has 0 spiro atoms. The molecule has 2 amide bonds. The van der Waals surface area contributed by atoms with Crippen LogP contribution in [0.1, 0.15) is 21.6 Å². The Morgan fingerprint density at radius 1 is 1.30 bits per heavy atom. The number of nitrogens with zero attached hydrogens (tertiary/aromatic N) is 3. The Morgan fingerprint density at radius 3 is 2.70 bits per heavy atom. The summed E-state index contributed by atoms with van der Waals surface area (Å²) in [5.41, 5.74) is 3.30. The third-order valence-electron chi connectivity index (χ3n) is 5.45. The van der Waals surface area contributed by atoms with Gasteiger partial charge in [0.05, 0.1) is 43.3 Å². The van der Waals surface area contributed by atoms with E-state index in [0.29, 0.717) is 11.3 Å². The van der Waals surface area contributed by atoms with Crippen LogP contribution in [0.15, 0.2) is 30.5 Å². The lowest BCUT2D eigenvalue weighted by atomic mass is 10.0. The molecule has 1 atom stereocenters. The number of amides is 2. The van der Waals surface area contributed by atoms with Gasteiger partial charge in [0, 0.05) is 24.7 Å². The van der Waals surface area contributed by atoms with Crippen molar-refractivity contribution in [3.8, 4) is 11.3 Å². The first-order chi connectivity index (χ1) is 15.8. The molecule has 1 aliphatic heterocycles. The van der Waals surface area contributed by atoms with Crippen LogP contribution in [0, 0.1) is 18.6 Å². The second-order valence-electron chi connectivity index (χ2n) is 7.72. The van der Waals surface area contributed by atoms with Crippen LogP contribution in [0.3, 0.4) is 0 Å². The number of hydrogen-bond acceptors (Lipinski definition) is 5. The van der Waals surface area contributed by atoms with Gasteiger partial charge in [-0.05, 0) is 36.8 Å². The number of halogens is 2. The minimum absolute atomic E-state index is 0.0605. The molecule has 1 aromatic carbocycles. The number of nitrogens with one attached hydrogen (secondary N) is 1. The van der Waals surface area contributed by atoms with Crippen molar-refractivity contribution in [2.24, 2.45) is 0 Å². The second kappa shape index (κ2) is 9.12. The number of rotatable bonds is 5. The van der Waals surface area contributed by atoms with Crippen LogP contribution in [0.2, 0.25) is 0 Å². The van der Waals surface area contributed by atoms with Crippen LogP contribution in [0.25, 0.3) is 16.9 Å². The summed E-state index contributed by atoms with van der Waals surface area (Å²) in [6.45, 7) is 2.45. The van der Waals surface area contributed by atoms with E-state index in [1.165, 1.54) is 12.0 Å². The molecule has 11 heteroatoms. The van der Waals surface area contributed by atoms with E-state index in [4.69, 9.17) is 4.74 Å². The highest BCUT2D eigenvalue weighted by Gasteiger charge is 2.29. The molecule has 9 nitrogen and oxygen atoms in total. The number of morpholine rings is 1. The van der Waals surface area contributed by atoms with E-state index in [9.17, 15) is 14.7 Å². The van der Waals surface area contributed by atoms with E-state index in [0.717, 1.165) is 17.7 Å². The summed E-state index contributed by atoms with van der Waals surface area (Å²) in [7, 11) is 1.21. The zero-order valence-corrected chi connectivity index (χ0v) is 18.0. The van der Waals surface area contributed by atoms with Gasteiger partial charge in [0.1, 0.15) is 17.3 Å². The van der Waals surface area contributed by atoms with Gasteiger partial charge in [0.15, 0.2) is 0 Å². The number of carbonyl (C=O) groups is 2. The van der Waals surface area contributed by atoms with Crippen LogP contribution < -0.4 is 5.48 Å². The Morgan fingerprint density at radius 2 is 2.03 bits per heavy atom. The zero-order chi connectivity index (χ0) is 23.7. The van der Waals surface area contributed by atoms with Crippen molar-refractivity contribution in [2.75, 3.05) is 26.8 Å². The Bertz CT molecular complexity index is 1210. The van der Waals surface area contributed by atoms with Crippen molar-refractivity contribution in [1.82, 2.24) is 19.8 Å². The summed E-state index contributed by atoms with van der Waals surface area (Å²) < 4.78 is 37.6. The van der Waals surface area contributed by atoms with Gasteiger partial charge in [-0.1, -0.05) is 0 Å². The fraction of sp³-hybridized carbons (Fsp3) is 0.318. The summed E-state index contributed by atoms with van der Waals surface area (Å²) in [5.74, 6) is -2.72. The van der Waals surface area contributed by atoms with Crippen LogP contribution in [-0.4, -0.2) is 64.3 Å². The monoisotopic (exact) mass is 460 g/mol. The van der Waals surface area contributed by atoms with E-state index in [-0.39, 0.29) is 42.9 Å². The van der Waals surface area contributed by atoms with Crippen LogP contribution in [0.4, 0.5) is 13.6 Å². The molecule has 2 aromatic heterocycles. The third kappa shape index (κ3) is 4.50. The van der Waals surface area contributed by atoms with Gasteiger partial charge in [0.25, 0.3) is 5.91 Å². The summed E-state index contributed by atoms with van der Waals surface area (Å²) in [6, 6.07) is 5.43. The normalized spacial score (nSPS) is 16.2. The number of ether oxygens (including phenoxy) is 1. The number of aryl methyl sites for hydroxylation is 1. The molecule has 3 aromatic rings. The van der Waals surface area contributed by atoms with Crippen molar-refractivity contribution in [1.29, 1.82) is 0 Å². The molecule has 174 valence electrons. The molecule has 0 radical (unpaired) electrons. The average Bonchev–Trinajstić information content (AvgIpc) is 3.10. The maximum absolute atomic E-state index is 15.1. The maximum atomic E-state index is 15.1. The molecular weight excluding hydrogens is 438 g/mol. The lowest BCUT2D eigenvalue weighted by Crippen LogP contribution is -2.45. The SMILES string of the molecule is CONC(=O)c1cc(F)c(-c2nc3cc(C)ccn3c2C[C@H]2CN(C(=O)O)CCO2)c(F)c1. The van der Waals surface area contributed by atoms with Gasteiger partial charge in [0.2, 0.25) is 0 Å². The molecule has 0 saturated carbocycles. The molecular formula is C22H22F2N4O5. The highest BCUT2D eigenvalue weighted by molar-refractivity contribution is 5.94. The van der Waals surface area contributed by atoms with Crippen LogP contribution in [0.5, 0.6) is 0 Å². The molecule has 33 heavy (non-hydrogen) atoms. The first-order valence-electron chi connectivity index (χ1n) is 10.2. The van der Waals surface area contributed by atoms with Gasteiger partial charge in [-0.3, -0.25) is 9.63 Å². The van der Waals surface area contributed by atoms with Gasteiger partial charge in [-0.2, -0.15) is 0 Å². The highest BCUT2D eigenvalue weighted by Crippen LogP contribution is 2.32. The molecule has 1 aliphatic rings. The molecule has 3 heterocycles. The Kier molecular flexibility index (Phi) is 6.25. The van der Waals surface area contributed by atoms with Crippen molar-refractivity contribution >= 4 is 17.6 Å². The minimum atomic E-state index is -1.06. The summed E-state index contributed by atoms with van der Waals surface area (Å²) >= 11 is 0. The van der Waals surface area contributed by atoms with E-state index in [1.807, 2.05) is 18.5 Å². The fourth-order valence-electron chi connectivity index (χ4n) is 3.91. The van der Waals surface area contributed by atoms with E-state index < -0.39 is 29.7 Å². The van der Waals surface area contributed by atoms with Crippen LogP contribution >= 0.6 is 0 Å². The van der Waals surface area contributed by atoms with Gasteiger partial charge < -0.3 is 19.1 Å². The number of carboxylic acid groups (broad SMARTS) is 1. The largest absolute Gasteiger partial charge is 0.465 e. The van der Waals surface area contributed by atoms with Gasteiger partial charge in [-0.15, -0.1) is 0 Å². The van der Waals surface area contributed by atoms with Crippen molar-refractivity contribution < 1.29 is 33.1 Å². The first kappa shape index (κ1) is 22.6. The number of pyridine rings is 1. The second-order valence-corrected chi connectivity index (χ2v) is 7.72. The van der Waals surface area contributed by atoms with Gasteiger partial charge >= 0.3 is 6.09 Å². The molecule has 2 N–H and O–H groups in total. The lowest BCUT2D eigenvalue weighted by molar-refractivity contribution is -0.0214. The molecule has 1 saturated heterocycles. The number of carbonyl (C=O) groups excluding carboxylic acids is 1. The Labute approximate surface area is 187 Å². The summed E-state index contributed by atoms with van der Waals surface area (Å²) in [4.78, 5) is 33.5. The number of fused-ring (bicyclic) bond motifs is 1. The molecule has 0 unspecified atom stereocenters. The number of benzene rings is 1. The van der Waals surface area contributed by atoms with Gasteiger partial charge in [-0.25, -0.2) is 24.0 Å². The first-order valence-corrected chi connectivity index (χ1v) is 10.2. The third-order valence-corrected chi connectivity index (χ3v) is 5.45. The molecule has 0 bridgehead atoms. The topological polar surface area (TPSA) is 105 Å². The lowest BCUT2D eigenvalue weighted by Gasteiger charge is -2.31. The number of aromatic nitrogens is 2. The smallest absolute Gasteiger partial charge is 0.407 e. The van der Waals surface area contributed by atoms with E-state index >= 15 is 8.78 Å². The van der Waals surface area contributed by atoms with Crippen LogP contribution in [-0.2, 0) is 16.0 Å². The van der Waals surface area contributed by atoms with Crippen molar-refractivity contribution in [2.45, 2.75) is 19.4 Å². The van der Waals surface area contributed by atoms with E-state index in [1.54, 1.807) is 16.7 Å². The highest BCUT2D eigenvalue weighted by atomic mass is 19.1. The minimum Gasteiger partial charge on any atom is -0.465 e. The summed E-state index contributed by atoms with van der Waals surface area (Å²) in [6.07, 6.45) is 0.338. The quantitative estimate of drug-likeness (QED) is 0.568. The average molecular weight is 460 g/mol. The summed E-state index contributed by atoms with van der Waals surface area (Å²) in [5, 5.41) is 9.31. The number of hydroxylamine groups is 1. The molecule has 1 fully saturated rings. The predicted molar refractivity (Wildman–Crippen MR) is 113 cm³/mol. The van der Waals surface area contributed by atoms with E-state index in [2.05, 4.69) is 9.82 Å². The maximum Gasteiger partial charge on any atom is 0.407 e. The van der Waals surface area contributed by atoms with Crippen molar-refractivity contribution in [3.05, 3.63) is 58.9 Å². The zero-order valence-electron chi connectivity index (χ0n) is 18.0. The molecule has 4 rings (SSSR count). The Balaban J connectivity index is 1.80. The predicted octanol–water partition coefficient (Wildman–Crippen LogP) is 2.80. The fourth-order valence-corrected chi connectivity index (χ4v) is 3.91. The number of imidazole rings is 1. The molecule has 0 aliphatic carbocycles. The standard InChI is InChI=1S/C22H22F2N4O5/c1-12-3-4-28-17(10-14-11-27(22(30)31)5-6-33-14)20(25-18(28)7-12)19-15(23)8-13(9-16(19)24)21(29)26-32-2/h3-4,7-9,14H,5-6,10-11H2,1-2H3,(H,26,29)(H,30,31)/t14-/m0/s1. The number of hydrogen-bond donors (Lipinski definition) is 2.